The maximum atomic E-state index is 12.0. The van der Waals surface area contributed by atoms with Gasteiger partial charge in [0, 0.05) is 22.8 Å². The van der Waals surface area contributed by atoms with E-state index in [4.69, 9.17) is 0 Å². The Bertz CT molecular complexity index is 718. The van der Waals surface area contributed by atoms with Crippen LogP contribution in [0.15, 0.2) is 58.3 Å². The number of benzene rings is 2. The number of rotatable bonds is 5. The first-order chi connectivity index (χ1) is 11.7. The smallest absolute Gasteiger partial charge is 0.325 e. The first kappa shape index (κ1) is 16.4. The Balaban J connectivity index is 1.73. The second-order valence-electron chi connectivity index (χ2n) is 5.29. The van der Waals surface area contributed by atoms with E-state index in [1.165, 1.54) is 16.9 Å². The number of amides is 1. The summed E-state index contributed by atoms with van der Waals surface area (Å²) in [6.45, 7) is 0.444. The van der Waals surface area contributed by atoms with Crippen LogP contribution in [-0.2, 0) is 14.3 Å². The van der Waals surface area contributed by atoms with E-state index in [-0.39, 0.29) is 12.5 Å². The van der Waals surface area contributed by atoms with Crippen LogP contribution >= 0.6 is 11.8 Å². The third-order valence-electron chi connectivity index (χ3n) is 3.75. The van der Waals surface area contributed by atoms with Crippen molar-refractivity contribution in [1.29, 1.82) is 0 Å². The van der Waals surface area contributed by atoms with Gasteiger partial charge in [0.1, 0.15) is 6.54 Å². The Hall–Kier alpha value is -2.47. The molecule has 3 rings (SSSR count). The zero-order valence-corrected chi connectivity index (χ0v) is 14.1. The van der Waals surface area contributed by atoms with Crippen molar-refractivity contribution in [3.8, 4) is 0 Å². The van der Waals surface area contributed by atoms with Gasteiger partial charge in [-0.1, -0.05) is 36.0 Å². The highest BCUT2D eigenvalue weighted by Gasteiger charge is 2.23. The third-order valence-corrected chi connectivity index (χ3v) is 4.88. The summed E-state index contributed by atoms with van der Waals surface area (Å²) >= 11 is 1.73. The molecule has 1 aliphatic heterocycles. The highest BCUT2D eigenvalue weighted by atomic mass is 32.2. The van der Waals surface area contributed by atoms with Crippen LogP contribution in [0.3, 0.4) is 0 Å². The number of fused-ring (bicyclic) bond motifs is 2. The molecular weight excluding hydrogens is 324 g/mol. The standard InChI is InChI=1S/C18H18N2O3S/c1-23-18(22)12-19-17(21)10-11-20-13-6-2-4-8-15(13)24-16-9-5-3-7-14(16)20/h2-9H,10-12H2,1H3,(H,19,21). The monoisotopic (exact) mass is 342 g/mol. The van der Waals surface area contributed by atoms with Crippen LogP contribution in [0.2, 0.25) is 0 Å². The van der Waals surface area contributed by atoms with Crippen LogP contribution in [0.25, 0.3) is 0 Å². The Morgan fingerprint density at radius 1 is 1.04 bits per heavy atom. The van der Waals surface area contributed by atoms with Crippen LogP contribution in [0.5, 0.6) is 0 Å². The molecule has 6 heteroatoms. The molecule has 2 aromatic carbocycles. The molecule has 0 atom stereocenters. The summed E-state index contributed by atoms with van der Waals surface area (Å²) < 4.78 is 4.52. The van der Waals surface area contributed by atoms with Gasteiger partial charge in [-0.2, -0.15) is 0 Å². The summed E-state index contributed by atoms with van der Waals surface area (Å²) in [7, 11) is 1.30. The second kappa shape index (κ2) is 7.40. The predicted molar refractivity (Wildman–Crippen MR) is 93.7 cm³/mol. The van der Waals surface area contributed by atoms with E-state index in [0.29, 0.717) is 13.0 Å². The van der Waals surface area contributed by atoms with Gasteiger partial charge in [0.2, 0.25) is 5.91 Å². The summed E-state index contributed by atoms with van der Waals surface area (Å²) in [5, 5.41) is 2.58. The maximum absolute atomic E-state index is 12.0. The normalized spacial score (nSPS) is 12.1. The summed E-state index contributed by atoms with van der Waals surface area (Å²) in [5.41, 5.74) is 2.20. The lowest BCUT2D eigenvalue weighted by Crippen LogP contribution is -2.33. The largest absolute Gasteiger partial charge is 0.468 e. The number of hydrogen-bond acceptors (Lipinski definition) is 5. The second-order valence-corrected chi connectivity index (χ2v) is 6.38. The molecule has 0 fully saturated rings. The van der Waals surface area contributed by atoms with Gasteiger partial charge >= 0.3 is 5.97 Å². The molecule has 0 radical (unpaired) electrons. The number of carbonyl (C=O) groups excluding carboxylic acids is 2. The minimum absolute atomic E-state index is 0.0989. The number of nitrogens with zero attached hydrogens (tertiary/aromatic N) is 1. The Morgan fingerprint density at radius 2 is 1.62 bits per heavy atom. The fourth-order valence-electron chi connectivity index (χ4n) is 2.57. The summed E-state index contributed by atoms with van der Waals surface area (Å²) in [5.74, 6) is -0.623. The van der Waals surface area contributed by atoms with Crippen molar-refractivity contribution < 1.29 is 14.3 Å². The SMILES string of the molecule is COC(=O)CNC(=O)CCN1c2ccccc2Sc2ccccc21. The average molecular weight is 342 g/mol. The van der Waals surface area contributed by atoms with E-state index in [0.717, 1.165) is 11.4 Å². The third kappa shape index (κ3) is 3.54. The topological polar surface area (TPSA) is 58.6 Å². The molecule has 0 unspecified atom stereocenters. The molecule has 24 heavy (non-hydrogen) atoms. The number of para-hydroxylation sites is 2. The zero-order valence-electron chi connectivity index (χ0n) is 13.3. The molecule has 0 saturated carbocycles. The van der Waals surface area contributed by atoms with Crippen LogP contribution in [-0.4, -0.2) is 32.1 Å². The van der Waals surface area contributed by atoms with E-state index in [1.807, 2.05) is 24.3 Å². The summed E-state index contributed by atoms with van der Waals surface area (Å²) in [4.78, 5) is 27.6. The molecule has 1 amide bonds. The summed E-state index contributed by atoms with van der Waals surface area (Å²) in [6.07, 6.45) is 0.296. The molecule has 5 nitrogen and oxygen atoms in total. The Labute approximate surface area is 145 Å². The number of anilines is 2. The van der Waals surface area contributed by atoms with E-state index >= 15 is 0 Å². The fourth-order valence-corrected chi connectivity index (χ4v) is 3.66. The van der Waals surface area contributed by atoms with Gasteiger partial charge in [-0.15, -0.1) is 0 Å². The number of esters is 1. The molecule has 1 aliphatic rings. The van der Waals surface area contributed by atoms with Crippen LogP contribution in [0, 0.1) is 0 Å². The van der Waals surface area contributed by atoms with Crippen molar-refractivity contribution in [2.45, 2.75) is 16.2 Å². The van der Waals surface area contributed by atoms with Crippen molar-refractivity contribution >= 4 is 35.0 Å². The van der Waals surface area contributed by atoms with Crippen molar-refractivity contribution in [1.82, 2.24) is 5.32 Å². The lowest BCUT2D eigenvalue weighted by molar-refractivity contribution is -0.141. The number of hydrogen-bond donors (Lipinski definition) is 1. The number of ether oxygens (including phenoxy) is 1. The molecule has 1 N–H and O–H groups in total. The Kier molecular flexibility index (Phi) is 5.05. The number of carbonyl (C=O) groups is 2. The molecule has 0 aromatic heterocycles. The van der Waals surface area contributed by atoms with Crippen molar-refractivity contribution in [2.24, 2.45) is 0 Å². The highest BCUT2D eigenvalue weighted by Crippen LogP contribution is 2.47. The molecule has 0 spiro atoms. The van der Waals surface area contributed by atoms with Crippen molar-refractivity contribution in [2.75, 3.05) is 25.1 Å². The van der Waals surface area contributed by atoms with Gasteiger partial charge in [0.15, 0.2) is 0 Å². The zero-order chi connectivity index (χ0) is 16.9. The average Bonchev–Trinajstić information content (AvgIpc) is 2.63. The van der Waals surface area contributed by atoms with Crippen LogP contribution < -0.4 is 10.2 Å². The molecule has 1 heterocycles. The van der Waals surface area contributed by atoms with Gasteiger partial charge in [0.05, 0.1) is 18.5 Å². The lowest BCUT2D eigenvalue weighted by Gasteiger charge is -2.32. The predicted octanol–water partition coefficient (Wildman–Crippen LogP) is 2.97. The van der Waals surface area contributed by atoms with Crippen molar-refractivity contribution in [3.05, 3.63) is 48.5 Å². The summed E-state index contributed by atoms with van der Waals surface area (Å²) in [6, 6.07) is 16.3. The van der Waals surface area contributed by atoms with Gasteiger partial charge in [0.25, 0.3) is 0 Å². The number of methoxy groups -OCH3 is 1. The van der Waals surface area contributed by atoms with Crippen LogP contribution in [0.1, 0.15) is 6.42 Å². The van der Waals surface area contributed by atoms with E-state index in [9.17, 15) is 9.59 Å². The Morgan fingerprint density at radius 3 is 2.21 bits per heavy atom. The van der Waals surface area contributed by atoms with E-state index < -0.39 is 5.97 Å². The fraction of sp³-hybridized carbons (Fsp3) is 0.222. The maximum Gasteiger partial charge on any atom is 0.325 e. The minimum Gasteiger partial charge on any atom is -0.468 e. The van der Waals surface area contributed by atoms with Crippen LogP contribution in [0.4, 0.5) is 11.4 Å². The van der Waals surface area contributed by atoms with Gasteiger partial charge < -0.3 is 15.0 Å². The first-order valence-corrected chi connectivity index (χ1v) is 8.47. The first-order valence-electron chi connectivity index (χ1n) is 7.66. The molecule has 0 bridgehead atoms. The number of nitrogens with one attached hydrogen (secondary N) is 1. The highest BCUT2D eigenvalue weighted by molar-refractivity contribution is 7.99. The van der Waals surface area contributed by atoms with E-state index in [1.54, 1.807) is 11.8 Å². The molecule has 0 aliphatic carbocycles. The van der Waals surface area contributed by atoms with E-state index in [2.05, 4.69) is 39.2 Å². The van der Waals surface area contributed by atoms with Crippen molar-refractivity contribution in [3.63, 3.8) is 0 Å². The molecule has 124 valence electrons. The molecule has 0 saturated heterocycles. The lowest BCUT2D eigenvalue weighted by atomic mass is 10.2. The minimum atomic E-state index is -0.451. The van der Waals surface area contributed by atoms with Gasteiger partial charge in [-0.25, -0.2) is 0 Å². The van der Waals surface area contributed by atoms with Gasteiger partial charge in [-0.05, 0) is 24.3 Å². The molecule has 2 aromatic rings. The van der Waals surface area contributed by atoms with Gasteiger partial charge in [-0.3, -0.25) is 9.59 Å². The quantitative estimate of drug-likeness (QED) is 0.847. The molecular formula is C18H18N2O3S.